The number of hydrogen-bond donors (Lipinski definition) is 6. The third-order valence-corrected chi connectivity index (χ3v) is 2.18. The molecule has 0 saturated heterocycles. The van der Waals surface area contributed by atoms with Crippen molar-refractivity contribution in [2.24, 2.45) is 0 Å². The monoisotopic (exact) mass is 317 g/mol. The van der Waals surface area contributed by atoms with Gasteiger partial charge < -0.3 is 30.5 Å². The second kappa shape index (κ2) is 8.69. The Kier molecular flexibility index (Phi) is 7.68. The summed E-state index contributed by atoms with van der Waals surface area (Å²) in [6, 6.07) is 5.20. The number of nitro benzene ring substituents is 1. The lowest BCUT2D eigenvalue weighted by molar-refractivity contribution is -0.384. The Morgan fingerprint density at radius 2 is 1.55 bits per heavy atom. The van der Waals surface area contributed by atoms with E-state index in [1.807, 2.05) is 0 Å². The zero-order chi connectivity index (χ0) is 17.4. The van der Waals surface area contributed by atoms with E-state index < -0.39 is 36.2 Å². The minimum Gasteiger partial charge on any atom is -0.479 e. The molecule has 22 heavy (non-hydrogen) atoms. The maximum Gasteiger partial charge on any atom is 0.488 e. The van der Waals surface area contributed by atoms with Crippen LogP contribution in [0.15, 0.2) is 24.3 Å². The number of rotatable bonds is 5. The molecule has 0 aliphatic carbocycles. The number of hydrogen-bond acceptors (Lipinski definition) is 8. The highest BCUT2D eigenvalue weighted by molar-refractivity contribution is 6.58. The van der Waals surface area contributed by atoms with Gasteiger partial charge in [-0.2, -0.15) is 0 Å². The van der Waals surface area contributed by atoms with Crippen LogP contribution in [0.5, 0.6) is 0 Å². The fourth-order valence-corrected chi connectivity index (χ4v) is 1.07. The standard InChI is InChI=1S/C6H6BNO4.C4H6O6/c9-7(10)5-2-1-3-6(4-5)8(11)12;5-1(3(7)8)2(6)4(9)10/h1-4,9-10H;1-2,5-6H,(H,7,8)(H,9,10)/t;1-,2-/m.1/s1. The van der Waals surface area contributed by atoms with Crippen LogP contribution in [-0.4, -0.2) is 66.7 Å². The van der Waals surface area contributed by atoms with Crippen molar-refractivity contribution in [1.29, 1.82) is 0 Å². The van der Waals surface area contributed by atoms with Crippen LogP contribution in [0.25, 0.3) is 0 Å². The Morgan fingerprint density at radius 3 is 1.86 bits per heavy atom. The Bertz CT molecular complexity index is 530. The van der Waals surface area contributed by atoms with Gasteiger partial charge in [0, 0.05) is 12.1 Å². The van der Waals surface area contributed by atoms with Gasteiger partial charge in [0.15, 0.2) is 12.2 Å². The van der Waals surface area contributed by atoms with E-state index in [4.69, 9.17) is 30.5 Å². The molecule has 0 heterocycles. The maximum atomic E-state index is 10.2. The summed E-state index contributed by atoms with van der Waals surface area (Å²) in [7, 11) is -1.66. The van der Waals surface area contributed by atoms with Crippen LogP contribution in [0.2, 0.25) is 0 Å². The average Bonchev–Trinajstić information content (AvgIpc) is 2.46. The van der Waals surface area contributed by atoms with E-state index >= 15 is 0 Å². The van der Waals surface area contributed by atoms with Crippen molar-refractivity contribution in [3.05, 3.63) is 34.4 Å². The predicted octanol–water partition coefficient (Wildman–Crippen LogP) is -2.85. The molecule has 0 bridgehead atoms. The lowest BCUT2D eigenvalue weighted by atomic mass is 9.80. The predicted molar refractivity (Wildman–Crippen MR) is 70.2 cm³/mol. The van der Waals surface area contributed by atoms with Gasteiger partial charge in [-0.3, -0.25) is 10.1 Å². The van der Waals surface area contributed by atoms with Crippen molar-refractivity contribution in [2.45, 2.75) is 12.2 Å². The van der Waals surface area contributed by atoms with Gasteiger partial charge in [-0.05, 0) is 5.46 Å². The number of non-ortho nitro benzene ring substituents is 1. The van der Waals surface area contributed by atoms with E-state index in [-0.39, 0.29) is 11.2 Å². The van der Waals surface area contributed by atoms with Crippen LogP contribution in [0.1, 0.15) is 0 Å². The lowest BCUT2D eigenvalue weighted by Crippen LogP contribution is -2.39. The second-order valence-electron chi connectivity index (χ2n) is 3.79. The van der Waals surface area contributed by atoms with Gasteiger partial charge >= 0.3 is 19.1 Å². The molecule has 1 aromatic rings. The number of benzene rings is 1. The Hall–Kier alpha value is -2.54. The minimum absolute atomic E-state index is 0.115. The van der Waals surface area contributed by atoms with Crippen LogP contribution in [0.4, 0.5) is 5.69 Å². The average molecular weight is 317 g/mol. The first kappa shape index (κ1) is 19.5. The van der Waals surface area contributed by atoms with E-state index in [9.17, 15) is 19.7 Å². The summed E-state index contributed by atoms with van der Waals surface area (Å²) >= 11 is 0. The van der Waals surface area contributed by atoms with Crippen LogP contribution < -0.4 is 5.46 Å². The summed E-state index contributed by atoms with van der Waals surface area (Å²) in [4.78, 5) is 29.2. The molecule has 0 aliphatic heterocycles. The molecule has 0 spiro atoms. The van der Waals surface area contributed by atoms with Gasteiger partial charge in [-0.15, -0.1) is 0 Å². The van der Waals surface area contributed by atoms with Crippen molar-refractivity contribution in [1.82, 2.24) is 0 Å². The highest BCUT2D eigenvalue weighted by atomic mass is 16.6. The molecule has 0 unspecified atom stereocenters. The maximum absolute atomic E-state index is 10.2. The van der Waals surface area contributed by atoms with Gasteiger partial charge in [-0.25, -0.2) is 9.59 Å². The Balaban J connectivity index is 0.000000409. The molecule has 12 heteroatoms. The van der Waals surface area contributed by atoms with Gasteiger partial charge in [0.05, 0.1) is 4.92 Å². The summed E-state index contributed by atoms with van der Waals surface area (Å²) in [6.45, 7) is 0. The van der Waals surface area contributed by atoms with E-state index in [1.54, 1.807) is 0 Å². The Labute approximate surface area is 123 Å². The van der Waals surface area contributed by atoms with Crippen molar-refractivity contribution >= 4 is 30.2 Å². The van der Waals surface area contributed by atoms with E-state index in [0.29, 0.717) is 0 Å². The molecule has 1 aromatic carbocycles. The molecule has 0 amide bonds. The first-order valence-corrected chi connectivity index (χ1v) is 5.50. The third-order valence-electron chi connectivity index (χ3n) is 2.18. The molecule has 0 aliphatic rings. The largest absolute Gasteiger partial charge is 0.488 e. The zero-order valence-electron chi connectivity index (χ0n) is 10.8. The first-order valence-electron chi connectivity index (χ1n) is 5.50. The minimum atomic E-state index is -2.27. The highest BCUT2D eigenvalue weighted by Gasteiger charge is 2.29. The summed E-state index contributed by atoms with van der Waals surface area (Å²) in [6.07, 6.45) is -4.53. The number of nitrogens with zero attached hydrogens (tertiary/aromatic N) is 1. The van der Waals surface area contributed by atoms with Crippen LogP contribution in [0.3, 0.4) is 0 Å². The first-order chi connectivity index (χ1) is 10.1. The molecule has 6 N–H and O–H groups in total. The van der Waals surface area contributed by atoms with Crippen molar-refractivity contribution in [3.8, 4) is 0 Å². The summed E-state index contributed by atoms with van der Waals surface area (Å²) in [5.74, 6) is -3.54. The van der Waals surface area contributed by atoms with Crippen molar-refractivity contribution in [3.63, 3.8) is 0 Å². The van der Waals surface area contributed by atoms with E-state index in [1.165, 1.54) is 18.2 Å². The normalized spacial score (nSPS) is 12.4. The summed E-state index contributed by atoms with van der Waals surface area (Å²) in [5, 5.41) is 60.1. The van der Waals surface area contributed by atoms with Gasteiger partial charge in [-0.1, -0.05) is 12.1 Å². The summed E-state index contributed by atoms with van der Waals surface area (Å²) in [5.41, 5.74) is -0.0372. The Morgan fingerprint density at radius 1 is 1.09 bits per heavy atom. The number of carbonyl (C=O) groups is 2. The van der Waals surface area contributed by atoms with Crippen LogP contribution >= 0.6 is 0 Å². The molecule has 2 atom stereocenters. The third kappa shape index (κ3) is 6.28. The van der Waals surface area contributed by atoms with E-state index in [2.05, 4.69) is 0 Å². The molecule has 11 nitrogen and oxygen atoms in total. The van der Waals surface area contributed by atoms with Crippen LogP contribution in [0, 0.1) is 10.1 Å². The number of carboxylic acid groups (broad SMARTS) is 2. The molecule has 120 valence electrons. The zero-order valence-corrected chi connectivity index (χ0v) is 10.8. The van der Waals surface area contributed by atoms with Crippen molar-refractivity contribution < 1.29 is 45.0 Å². The SMILES string of the molecule is O=C(O)[C@H](O)[C@@H](O)C(=O)O.O=[N+]([O-])c1cccc(B(O)O)c1. The molecule has 1 rings (SSSR count). The number of nitro groups is 1. The van der Waals surface area contributed by atoms with Crippen molar-refractivity contribution in [2.75, 3.05) is 0 Å². The fraction of sp³-hybridized carbons (Fsp3) is 0.200. The van der Waals surface area contributed by atoms with Gasteiger partial charge in [0.1, 0.15) is 0 Å². The number of aliphatic hydroxyl groups excluding tert-OH is 2. The van der Waals surface area contributed by atoms with Crippen LogP contribution in [-0.2, 0) is 9.59 Å². The number of aliphatic carboxylic acids is 2. The lowest BCUT2D eigenvalue weighted by Gasteiger charge is -2.07. The number of carboxylic acids is 2. The summed E-state index contributed by atoms with van der Waals surface area (Å²) < 4.78 is 0. The smallest absolute Gasteiger partial charge is 0.479 e. The highest BCUT2D eigenvalue weighted by Crippen LogP contribution is 2.06. The fourth-order valence-electron chi connectivity index (χ4n) is 1.07. The molecule has 0 saturated carbocycles. The second-order valence-corrected chi connectivity index (χ2v) is 3.79. The molecule has 0 radical (unpaired) electrons. The van der Waals surface area contributed by atoms with E-state index in [0.717, 1.165) is 6.07 Å². The molecule has 0 fully saturated rings. The van der Waals surface area contributed by atoms with Gasteiger partial charge in [0.2, 0.25) is 0 Å². The number of aliphatic hydroxyl groups is 2. The quantitative estimate of drug-likeness (QED) is 0.186. The molecule has 0 aromatic heterocycles. The topological polar surface area (TPSA) is 199 Å². The molecular formula is C10H12BNO10. The van der Waals surface area contributed by atoms with Gasteiger partial charge in [0.25, 0.3) is 5.69 Å². The molecular weight excluding hydrogens is 305 g/mol.